The molecular weight excluding hydrogens is 484 g/mol. The number of fused-ring (bicyclic) bond motifs is 3. The van der Waals surface area contributed by atoms with Gasteiger partial charge in [-0.25, -0.2) is 0 Å². The van der Waals surface area contributed by atoms with Crippen LogP contribution in [0.15, 0.2) is 23.8 Å². The third-order valence-corrected chi connectivity index (χ3v) is 10.5. The van der Waals surface area contributed by atoms with E-state index < -0.39 is 40.6 Å². The van der Waals surface area contributed by atoms with Crippen molar-refractivity contribution in [2.75, 3.05) is 6.61 Å². The molecule has 1 spiro atoms. The average molecular weight is 519 g/mol. The number of allylic oxidation sites excluding steroid dienone is 2. The highest BCUT2D eigenvalue weighted by molar-refractivity contribution is 6.23. The van der Waals surface area contributed by atoms with E-state index in [0.29, 0.717) is 19.3 Å². The van der Waals surface area contributed by atoms with Crippen LogP contribution in [0.3, 0.4) is 0 Å². The monoisotopic (exact) mass is 518 g/mol. The summed E-state index contributed by atoms with van der Waals surface area (Å²) in [6.45, 7) is 9.04. The Bertz CT molecular complexity index is 1100. The number of ether oxygens (including phenoxy) is 3. The Morgan fingerprint density at radius 3 is 2.47 bits per heavy atom. The number of hydrogen-bond donors (Lipinski definition) is 0. The van der Waals surface area contributed by atoms with E-state index in [1.54, 1.807) is 26.0 Å². The maximum atomic E-state index is 13.9. The lowest BCUT2D eigenvalue weighted by atomic mass is 9.46. The van der Waals surface area contributed by atoms with Crippen molar-refractivity contribution in [3.63, 3.8) is 0 Å². The molecular formula is C28H35ClO7. The molecule has 0 radical (unpaired) electrons. The second kappa shape index (κ2) is 8.26. The minimum absolute atomic E-state index is 0.00705. The number of ketones is 2. The molecule has 5 rings (SSSR count). The fraction of sp³-hybridized carbons (Fsp3) is 0.714. The predicted octanol–water partition coefficient (Wildman–Crippen LogP) is 4.10. The zero-order valence-corrected chi connectivity index (χ0v) is 22.4. The lowest BCUT2D eigenvalue weighted by Crippen LogP contribution is -2.64. The van der Waals surface area contributed by atoms with Crippen molar-refractivity contribution in [3.8, 4) is 0 Å². The maximum absolute atomic E-state index is 13.9. The first-order valence-electron chi connectivity index (χ1n) is 13.1. The summed E-state index contributed by atoms with van der Waals surface area (Å²) in [7, 11) is 0. The summed E-state index contributed by atoms with van der Waals surface area (Å²) < 4.78 is 18.0. The summed E-state index contributed by atoms with van der Waals surface area (Å²) in [5.74, 6) is -1.61. The highest BCUT2D eigenvalue weighted by Crippen LogP contribution is 2.77. The third-order valence-electron chi connectivity index (χ3n) is 10.1. The summed E-state index contributed by atoms with van der Waals surface area (Å²) in [5.41, 5.74) is -2.26. The SMILES string of the molecule is CCC(=O)OCC(=O)[C@@]1(OC(=O)CC)[C@@H](C)C[C@H]2[C@@H]3C[C@H](Cl)C4=CC(=O)C=C[C@]4(C)[C@@]34O[C@H]4C[C@@]21C. The van der Waals surface area contributed by atoms with Crippen molar-refractivity contribution in [1.29, 1.82) is 0 Å². The number of esters is 2. The summed E-state index contributed by atoms with van der Waals surface area (Å²) in [6, 6.07) is 0. The van der Waals surface area contributed by atoms with Gasteiger partial charge >= 0.3 is 11.9 Å². The van der Waals surface area contributed by atoms with Crippen LogP contribution in [0.4, 0.5) is 0 Å². The molecule has 8 heteroatoms. The fourth-order valence-electron chi connectivity index (χ4n) is 8.44. The van der Waals surface area contributed by atoms with Crippen molar-refractivity contribution in [3.05, 3.63) is 23.8 Å². The molecule has 7 nitrogen and oxygen atoms in total. The smallest absolute Gasteiger partial charge is 0.306 e. The first-order chi connectivity index (χ1) is 16.9. The molecule has 0 aromatic carbocycles. The quantitative estimate of drug-likeness (QED) is 0.296. The van der Waals surface area contributed by atoms with Gasteiger partial charge in [0.2, 0.25) is 5.78 Å². The summed E-state index contributed by atoms with van der Waals surface area (Å²) >= 11 is 6.94. The Hall–Kier alpha value is -1.99. The van der Waals surface area contributed by atoms with E-state index >= 15 is 0 Å². The van der Waals surface area contributed by atoms with Gasteiger partial charge in [-0.3, -0.25) is 19.2 Å². The molecule has 36 heavy (non-hydrogen) atoms. The van der Waals surface area contributed by atoms with Crippen LogP contribution < -0.4 is 0 Å². The van der Waals surface area contributed by atoms with Crippen LogP contribution in [-0.4, -0.2) is 52.8 Å². The Balaban J connectivity index is 1.57. The van der Waals surface area contributed by atoms with E-state index in [2.05, 4.69) is 6.92 Å². The molecule has 0 unspecified atom stereocenters. The molecule has 3 saturated carbocycles. The van der Waals surface area contributed by atoms with Gasteiger partial charge in [0.15, 0.2) is 18.0 Å². The van der Waals surface area contributed by atoms with Crippen molar-refractivity contribution < 1.29 is 33.4 Å². The van der Waals surface area contributed by atoms with Gasteiger partial charge in [-0.15, -0.1) is 11.6 Å². The van der Waals surface area contributed by atoms with Gasteiger partial charge in [0.05, 0.1) is 11.5 Å². The van der Waals surface area contributed by atoms with Crippen LogP contribution >= 0.6 is 11.6 Å². The molecule has 9 atom stereocenters. The number of carbonyl (C=O) groups excluding carboxylic acids is 4. The molecule has 4 aliphatic carbocycles. The minimum Gasteiger partial charge on any atom is -0.457 e. The summed E-state index contributed by atoms with van der Waals surface area (Å²) in [4.78, 5) is 50.7. The zero-order chi connectivity index (χ0) is 26.3. The first kappa shape index (κ1) is 25.7. The predicted molar refractivity (Wildman–Crippen MR) is 131 cm³/mol. The molecule has 5 aliphatic rings. The fourth-order valence-corrected chi connectivity index (χ4v) is 8.92. The van der Waals surface area contributed by atoms with E-state index in [0.717, 1.165) is 5.57 Å². The number of carbonyl (C=O) groups is 4. The second-order valence-electron chi connectivity index (χ2n) is 11.6. The van der Waals surface area contributed by atoms with Crippen molar-refractivity contribution in [2.45, 2.75) is 89.4 Å². The van der Waals surface area contributed by atoms with E-state index in [4.69, 9.17) is 25.8 Å². The van der Waals surface area contributed by atoms with Crippen LogP contribution in [0.2, 0.25) is 0 Å². The molecule has 1 aliphatic heterocycles. The normalized spacial score (nSPS) is 46.0. The first-order valence-corrected chi connectivity index (χ1v) is 13.5. The maximum Gasteiger partial charge on any atom is 0.306 e. The largest absolute Gasteiger partial charge is 0.457 e. The Kier molecular flexibility index (Phi) is 5.88. The standard InChI is InChI=1S/C28H35ClO7/c1-6-23(32)34-14-21(31)27(36-24(33)7-2)15(3)10-17-18-12-20(29)19-11-16(30)8-9-25(19,4)28(18)22(35-28)13-26(17,27)5/h8-9,11,15,17-18,20,22H,6-7,10,12-14H2,1-5H3/t15-,17-,18-,20-,22-,25-,26-,27-,28+/m0/s1. The Morgan fingerprint density at radius 1 is 1.11 bits per heavy atom. The third kappa shape index (κ3) is 3.08. The Morgan fingerprint density at radius 2 is 1.81 bits per heavy atom. The number of rotatable bonds is 6. The van der Waals surface area contributed by atoms with Crippen molar-refractivity contribution >= 4 is 35.1 Å². The molecule has 4 fully saturated rings. The van der Waals surface area contributed by atoms with Gasteiger partial charge in [-0.05, 0) is 55.7 Å². The van der Waals surface area contributed by atoms with Crippen LogP contribution in [0, 0.1) is 28.6 Å². The molecule has 196 valence electrons. The molecule has 1 saturated heterocycles. The lowest BCUT2D eigenvalue weighted by molar-refractivity contribution is -0.194. The van der Waals surface area contributed by atoms with Crippen LogP contribution in [0.5, 0.6) is 0 Å². The summed E-state index contributed by atoms with van der Waals surface area (Å²) in [6.07, 6.45) is 7.14. The summed E-state index contributed by atoms with van der Waals surface area (Å²) in [5, 5.41) is -0.337. The van der Waals surface area contributed by atoms with E-state index in [1.165, 1.54) is 0 Å². The van der Waals surface area contributed by atoms with Gasteiger partial charge in [0.25, 0.3) is 0 Å². The second-order valence-corrected chi connectivity index (χ2v) is 12.1. The molecule has 0 bridgehead atoms. The van der Waals surface area contributed by atoms with Gasteiger partial charge in [0.1, 0.15) is 5.60 Å². The Labute approximate surface area is 216 Å². The molecule has 0 N–H and O–H groups in total. The number of halogens is 1. The molecule has 0 amide bonds. The van der Waals surface area contributed by atoms with Crippen LogP contribution in [0.25, 0.3) is 0 Å². The van der Waals surface area contributed by atoms with E-state index in [9.17, 15) is 19.2 Å². The molecule has 1 heterocycles. The van der Waals surface area contributed by atoms with Crippen molar-refractivity contribution in [1.82, 2.24) is 0 Å². The lowest BCUT2D eigenvalue weighted by Gasteiger charge is -2.57. The van der Waals surface area contributed by atoms with Crippen LogP contribution in [-0.2, 0) is 33.4 Å². The molecule has 0 aromatic rings. The zero-order valence-electron chi connectivity index (χ0n) is 21.6. The number of epoxide rings is 1. The van der Waals surface area contributed by atoms with Gasteiger partial charge in [0, 0.05) is 29.6 Å². The minimum atomic E-state index is -1.42. The average Bonchev–Trinajstić information content (AvgIpc) is 3.52. The number of Topliss-reactive ketones (excluding diaryl/α,β-unsaturated/α-hetero) is 1. The molecule has 0 aromatic heterocycles. The topological polar surface area (TPSA) is 99.3 Å². The van der Waals surface area contributed by atoms with Gasteiger partial charge in [-0.1, -0.05) is 33.8 Å². The highest BCUT2D eigenvalue weighted by Gasteiger charge is 2.83. The number of hydrogen-bond acceptors (Lipinski definition) is 7. The van der Waals surface area contributed by atoms with Crippen LogP contribution in [0.1, 0.15) is 66.7 Å². The van der Waals surface area contributed by atoms with E-state index in [1.807, 2.05) is 19.9 Å². The highest BCUT2D eigenvalue weighted by atomic mass is 35.5. The van der Waals surface area contributed by atoms with Gasteiger partial charge < -0.3 is 14.2 Å². The van der Waals surface area contributed by atoms with E-state index in [-0.39, 0.29) is 53.6 Å². The van der Waals surface area contributed by atoms with Crippen molar-refractivity contribution in [2.24, 2.45) is 28.6 Å². The number of alkyl halides is 1. The van der Waals surface area contributed by atoms with Gasteiger partial charge in [-0.2, -0.15) is 0 Å².